The Morgan fingerprint density at radius 1 is 1.10 bits per heavy atom. The van der Waals surface area contributed by atoms with Crippen LogP contribution in [0, 0.1) is 0 Å². The molecule has 0 N–H and O–H groups in total. The van der Waals surface area contributed by atoms with Crippen LogP contribution in [-0.2, 0) is 20.0 Å². The summed E-state index contributed by atoms with van der Waals surface area (Å²) in [5, 5.41) is 0. The number of hydrogen-bond donors (Lipinski definition) is 0. The Morgan fingerprint density at radius 3 is 2.59 bits per heavy atom. The maximum atomic E-state index is 12.3. The van der Waals surface area contributed by atoms with Crippen LogP contribution < -0.4 is 4.74 Å². The Morgan fingerprint density at radius 2 is 1.86 bits per heavy atom. The topological polar surface area (TPSA) is 80.0 Å². The van der Waals surface area contributed by atoms with Gasteiger partial charge in [0.15, 0.2) is 23.6 Å². The highest BCUT2D eigenvalue weighted by molar-refractivity contribution is 5.94. The third kappa shape index (κ3) is 3.87. The van der Waals surface area contributed by atoms with E-state index in [9.17, 15) is 4.79 Å². The fraction of sp³-hybridized carbons (Fsp3) is 0.273. The van der Waals surface area contributed by atoms with Gasteiger partial charge in [-0.2, -0.15) is 0 Å². The molecule has 29 heavy (non-hydrogen) atoms. The van der Waals surface area contributed by atoms with Gasteiger partial charge in [-0.05, 0) is 44.2 Å². The van der Waals surface area contributed by atoms with Gasteiger partial charge < -0.3 is 23.4 Å². The smallest absolute Gasteiger partial charge is 0.360 e. The van der Waals surface area contributed by atoms with E-state index < -0.39 is 11.8 Å². The van der Waals surface area contributed by atoms with Crippen LogP contribution in [0.15, 0.2) is 59.3 Å². The standard InChI is InChI=1S/C22H21NO6/c1-3-25-21(24)19-20(26-14-23-19)17-10-9-16(29-15-7-5-4-6-8-15)13-18(17)22(2)27-11-12-28-22/h4-10,13-14H,3,11-12H2,1-2H3. The van der Waals surface area contributed by atoms with Crippen LogP contribution >= 0.6 is 0 Å². The fourth-order valence-electron chi connectivity index (χ4n) is 3.24. The first kappa shape index (κ1) is 19.2. The van der Waals surface area contributed by atoms with Crippen molar-refractivity contribution in [2.75, 3.05) is 19.8 Å². The van der Waals surface area contributed by atoms with Crippen molar-refractivity contribution in [3.05, 3.63) is 66.2 Å². The van der Waals surface area contributed by atoms with E-state index in [0.29, 0.717) is 41.6 Å². The number of rotatable bonds is 6. The van der Waals surface area contributed by atoms with Crippen molar-refractivity contribution in [1.82, 2.24) is 4.98 Å². The van der Waals surface area contributed by atoms with Crippen LogP contribution in [0.2, 0.25) is 0 Å². The van der Waals surface area contributed by atoms with Crippen molar-refractivity contribution in [3.63, 3.8) is 0 Å². The third-order valence-corrected chi connectivity index (χ3v) is 4.58. The van der Waals surface area contributed by atoms with E-state index in [1.807, 2.05) is 43.3 Å². The summed E-state index contributed by atoms with van der Waals surface area (Å²) in [5.41, 5.74) is 1.40. The Labute approximate surface area is 168 Å². The molecule has 150 valence electrons. The van der Waals surface area contributed by atoms with Crippen molar-refractivity contribution >= 4 is 5.97 Å². The van der Waals surface area contributed by atoms with Gasteiger partial charge in [-0.3, -0.25) is 0 Å². The number of nitrogens with zero attached hydrogens (tertiary/aromatic N) is 1. The average Bonchev–Trinajstić information content (AvgIpc) is 3.39. The Hall–Kier alpha value is -3.16. The van der Waals surface area contributed by atoms with Crippen LogP contribution in [0.1, 0.15) is 29.9 Å². The molecule has 3 aromatic rings. The molecule has 4 rings (SSSR count). The second kappa shape index (κ2) is 8.06. The van der Waals surface area contributed by atoms with Gasteiger partial charge in [0, 0.05) is 11.1 Å². The minimum absolute atomic E-state index is 0.103. The number of hydrogen-bond acceptors (Lipinski definition) is 7. The Bertz CT molecular complexity index is 992. The quantitative estimate of drug-likeness (QED) is 0.567. The molecular weight excluding hydrogens is 374 g/mol. The predicted octanol–water partition coefficient (Wildman–Crippen LogP) is 4.53. The fourth-order valence-corrected chi connectivity index (χ4v) is 3.24. The molecule has 0 bridgehead atoms. The monoisotopic (exact) mass is 395 g/mol. The molecule has 0 atom stereocenters. The summed E-state index contributed by atoms with van der Waals surface area (Å²) >= 11 is 0. The maximum Gasteiger partial charge on any atom is 0.360 e. The highest BCUT2D eigenvalue weighted by Crippen LogP contribution is 2.41. The summed E-state index contributed by atoms with van der Waals surface area (Å²) in [6.07, 6.45) is 1.22. The molecule has 1 saturated heterocycles. The summed E-state index contributed by atoms with van der Waals surface area (Å²) in [4.78, 5) is 16.3. The summed E-state index contributed by atoms with van der Waals surface area (Å²) < 4.78 is 28.3. The number of carbonyl (C=O) groups excluding carboxylic acids is 1. The van der Waals surface area contributed by atoms with E-state index in [-0.39, 0.29) is 12.3 Å². The van der Waals surface area contributed by atoms with E-state index in [0.717, 1.165) is 0 Å². The van der Waals surface area contributed by atoms with E-state index in [1.54, 1.807) is 19.1 Å². The zero-order chi connectivity index (χ0) is 20.3. The second-order valence-corrected chi connectivity index (χ2v) is 6.52. The second-order valence-electron chi connectivity index (χ2n) is 6.52. The first-order valence-electron chi connectivity index (χ1n) is 9.37. The predicted molar refractivity (Wildman–Crippen MR) is 104 cm³/mol. The zero-order valence-electron chi connectivity index (χ0n) is 16.2. The minimum atomic E-state index is -1.01. The number of aromatic nitrogens is 1. The number of para-hydroxylation sites is 1. The van der Waals surface area contributed by atoms with Gasteiger partial charge in [-0.15, -0.1) is 0 Å². The van der Waals surface area contributed by atoms with E-state index in [1.165, 1.54) is 6.39 Å². The molecule has 1 aliphatic rings. The van der Waals surface area contributed by atoms with Gasteiger partial charge >= 0.3 is 5.97 Å². The van der Waals surface area contributed by atoms with Gasteiger partial charge in [0.25, 0.3) is 0 Å². The van der Waals surface area contributed by atoms with Crippen LogP contribution in [0.5, 0.6) is 11.5 Å². The highest BCUT2D eigenvalue weighted by atomic mass is 16.7. The van der Waals surface area contributed by atoms with Crippen LogP contribution in [0.25, 0.3) is 11.3 Å². The van der Waals surface area contributed by atoms with Crippen molar-refractivity contribution in [3.8, 4) is 22.8 Å². The molecule has 0 unspecified atom stereocenters. The molecule has 0 aliphatic carbocycles. The Balaban J connectivity index is 1.78. The van der Waals surface area contributed by atoms with E-state index in [2.05, 4.69) is 4.98 Å². The number of benzene rings is 2. The van der Waals surface area contributed by atoms with E-state index >= 15 is 0 Å². The molecule has 0 amide bonds. The van der Waals surface area contributed by atoms with Crippen molar-refractivity contribution in [2.45, 2.75) is 19.6 Å². The molecule has 2 aromatic carbocycles. The average molecular weight is 395 g/mol. The first-order chi connectivity index (χ1) is 14.1. The molecule has 7 nitrogen and oxygen atoms in total. The molecule has 0 spiro atoms. The first-order valence-corrected chi connectivity index (χ1v) is 9.37. The van der Waals surface area contributed by atoms with Crippen molar-refractivity contribution in [2.24, 2.45) is 0 Å². The van der Waals surface area contributed by atoms with Crippen LogP contribution in [0.4, 0.5) is 0 Å². The molecule has 1 aliphatic heterocycles. The summed E-state index contributed by atoms with van der Waals surface area (Å²) in [6, 6.07) is 14.9. The maximum absolute atomic E-state index is 12.3. The van der Waals surface area contributed by atoms with Gasteiger partial charge in [0.1, 0.15) is 11.5 Å². The van der Waals surface area contributed by atoms with Crippen molar-refractivity contribution in [1.29, 1.82) is 0 Å². The zero-order valence-corrected chi connectivity index (χ0v) is 16.2. The van der Waals surface area contributed by atoms with Crippen LogP contribution in [-0.4, -0.2) is 30.8 Å². The number of esters is 1. The molecule has 7 heteroatoms. The molecule has 0 saturated carbocycles. The Kier molecular flexibility index (Phi) is 5.33. The molecule has 0 radical (unpaired) electrons. The molecule has 1 aromatic heterocycles. The number of ether oxygens (including phenoxy) is 4. The lowest BCUT2D eigenvalue weighted by molar-refractivity contribution is -0.149. The number of oxazole rings is 1. The van der Waals surface area contributed by atoms with Gasteiger partial charge in [-0.25, -0.2) is 9.78 Å². The summed E-state index contributed by atoms with van der Waals surface area (Å²) in [5.74, 6) is 0.0450. The van der Waals surface area contributed by atoms with Gasteiger partial charge in [-0.1, -0.05) is 18.2 Å². The minimum Gasteiger partial charge on any atom is -0.461 e. The van der Waals surface area contributed by atoms with Crippen LogP contribution in [0.3, 0.4) is 0 Å². The highest BCUT2D eigenvalue weighted by Gasteiger charge is 2.37. The van der Waals surface area contributed by atoms with E-state index in [4.69, 9.17) is 23.4 Å². The normalized spacial score (nSPS) is 15.2. The molecule has 1 fully saturated rings. The number of carbonyl (C=O) groups is 1. The van der Waals surface area contributed by atoms with Gasteiger partial charge in [0.05, 0.1) is 19.8 Å². The molecular formula is C22H21NO6. The SMILES string of the molecule is CCOC(=O)c1ncoc1-c1ccc(Oc2ccccc2)cc1C1(C)OCCO1. The van der Waals surface area contributed by atoms with Crippen molar-refractivity contribution < 1.29 is 28.2 Å². The summed E-state index contributed by atoms with van der Waals surface area (Å²) in [7, 11) is 0. The lowest BCUT2D eigenvalue weighted by Crippen LogP contribution is -2.23. The lowest BCUT2D eigenvalue weighted by Gasteiger charge is -2.25. The summed E-state index contributed by atoms with van der Waals surface area (Å²) in [6.45, 7) is 4.72. The van der Waals surface area contributed by atoms with Gasteiger partial charge in [0.2, 0.25) is 0 Å². The molecule has 2 heterocycles. The third-order valence-electron chi connectivity index (χ3n) is 4.58. The lowest BCUT2D eigenvalue weighted by atomic mass is 9.97. The largest absolute Gasteiger partial charge is 0.461 e.